The fourth-order valence-electron chi connectivity index (χ4n) is 3.21. The van der Waals surface area contributed by atoms with E-state index in [0.717, 1.165) is 31.1 Å². The number of nitrogens with zero attached hydrogens (tertiary/aromatic N) is 3. The maximum Gasteiger partial charge on any atom is 0.490 e. The van der Waals surface area contributed by atoms with E-state index in [1.807, 2.05) is 13.0 Å². The van der Waals surface area contributed by atoms with Crippen LogP contribution in [0.25, 0.3) is 0 Å². The number of carboxylic acids is 1. The summed E-state index contributed by atoms with van der Waals surface area (Å²) in [5.74, 6) is -1.06. The molecular weight excluding hydrogens is 507 g/mol. The molecule has 8 nitrogen and oxygen atoms in total. The van der Waals surface area contributed by atoms with Gasteiger partial charge in [-0.15, -0.1) is 0 Å². The first-order valence-corrected chi connectivity index (χ1v) is 11.0. The number of alkyl halides is 3. The number of benzene rings is 1. The second kappa shape index (κ2) is 11.8. The van der Waals surface area contributed by atoms with E-state index in [1.165, 1.54) is 21.2 Å². The zero-order chi connectivity index (χ0) is 24.6. The summed E-state index contributed by atoms with van der Waals surface area (Å²) in [5, 5.41) is 13.1. The molecule has 33 heavy (non-hydrogen) atoms. The Kier molecular flexibility index (Phi) is 9.44. The van der Waals surface area contributed by atoms with Crippen molar-refractivity contribution >= 4 is 39.4 Å². The van der Waals surface area contributed by atoms with Gasteiger partial charge in [0, 0.05) is 43.1 Å². The average Bonchev–Trinajstić information content (AvgIpc) is 2.76. The third kappa shape index (κ3) is 7.88. The van der Waals surface area contributed by atoms with Crippen molar-refractivity contribution in [3.63, 3.8) is 0 Å². The molecule has 0 bridgehead atoms. The summed E-state index contributed by atoms with van der Waals surface area (Å²) >= 11 is 3.62. The quantitative estimate of drug-likeness (QED) is 0.521. The third-order valence-electron chi connectivity index (χ3n) is 4.87. The fraction of sp³-hybridized carbons (Fsp3) is 0.429. The Bertz CT molecular complexity index is 988. The molecule has 0 atom stereocenters. The van der Waals surface area contributed by atoms with Crippen LogP contribution in [0.3, 0.4) is 0 Å². The second-order valence-corrected chi connectivity index (χ2v) is 8.03. The van der Waals surface area contributed by atoms with Crippen molar-refractivity contribution < 1.29 is 27.9 Å². The molecule has 3 rings (SSSR count). The minimum Gasteiger partial charge on any atom is -0.475 e. The first kappa shape index (κ1) is 26.4. The molecule has 0 radical (unpaired) electrons. The van der Waals surface area contributed by atoms with E-state index in [9.17, 15) is 18.0 Å². The molecule has 0 saturated heterocycles. The molecule has 2 heterocycles. The van der Waals surface area contributed by atoms with Crippen molar-refractivity contribution in [2.75, 3.05) is 29.9 Å². The number of hydrogen-bond acceptors (Lipinski definition) is 6. The second-order valence-electron chi connectivity index (χ2n) is 7.18. The molecule has 3 N–H and O–H groups in total. The van der Waals surface area contributed by atoms with Crippen LogP contribution < -0.4 is 15.5 Å². The number of aliphatic carboxylic acids is 1. The molecule has 0 saturated carbocycles. The van der Waals surface area contributed by atoms with Gasteiger partial charge in [-0.25, -0.2) is 14.8 Å². The number of fused-ring (bicyclic) bond motifs is 1. The largest absolute Gasteiger partial charge is 0.490 e. The number of nitrogens with one attached hydrogen (secondary N) is 2. The van der Waals surface area contributed by atoms with E-state index < -0.39 is 12.1 Å². The zero-order valence-corrected chi connectivity index (χ0v) is 19.8. The summed E-state index contributed by atoms with van der Waals surface area (Å²) in [7, 11) is 0. The molecule has 1 aromatic carbocycles. The lowest BCUT2D eigenvalue weighted by Crippen LogP contribution is -2.31. The lowest BCUT2D eigenvalue weighted by atomic mass is 9.95. The van der Waals surface area contributed by atoms with Gasteiger partial charge in [-0.3, -0.25) is 4.79 Å². The van der Waals surface area contributed by atoms with Gasteiger partial charge in [0.25, 0.3) is 0 Å². The standard InChI is InChI=1S/C19H24BrN5O.C2HF3O2/c1-3-21-19(26)6-8-22-17-10-18(24-12-23-17)25-9-7-15-13(2)16(20)5-4-14(15)11-25;3-2(4,5)1(6)7/h4-5,10,12H,3,6-9,11H2,1-2H3,(H,21,26)(H,22,23,24);(H,6,7). The van der Waals surface area contributed by atoms with Gasteiger partial charge in [0.15, 0.2) is 0 Å². The minimum atomic E-state index is -5.08. The van der Waals surface area contributed by atoms with Crippen LogP contribution in [0.5, 0.6) is 0 Å². The molecule has 12 heteroatoms. The van der Waals surface area contributed by atoms with Crippen LogP contribution in [-0.4, -0.2) is 52.8 Å². The molecule has 0 aliphatic carbocycles. The molecule has 1 amide bonds. The van der Waals surface area contributed by atoms with E-state index in [-0.39, 0.29) is 5.91 Å². The van der Waals surface area contributed by atoms with Crippen LogP contribution in [0.4, 0.5) is 24.8 Å². The van der Waals surface area contributed by atoms with Gasteiger partial charge in [0.1, 0.15) is 18.0 Å². The first-order chi connectivity index (χ1) is 15.5. The number of rotatable bonds is 6. The highest BCUT2D eigenvalue weighted by molar-refractivity contribution is 9.10. The summed E-state index contributed by atoms with van der Waals surface area (Å²) < 4.78 is 32.9. The van der Waals surface area contributed by atoms with Gasteiger partial charge in [0.05, 0.1) is 0 Å². The van der Waals surface area contributed by atoms with Crippen molar-refractivity contribution in [3.8, 4) is 0 Å². The Labute approximate surface area is 197 Å². The van der Waals surface area contributed by atoms with Crippen molar-refractivity contribution in [3.05, 3.63) is 45.7 Å². The smallest absolute Gasteiger partial charge is 0.475 e. The number of halogens is 4. The van der Waals surface area contributed by atoms with Crippen LogP contribution in [0, 0.1) is 6.92 Å². The van der Waals surface area contributed by atoms with Crippen molar-refractivity contribution in [2.24, 2.45) is 0 Å². The van der Waals surface area contributed by atoms with Crippen LogP contribution in [0.15, 0.2) is 29.0 Å². The molecule has 2 aromatic rings. The summed E-state index contributed by atoms with van der Waals surface area (Å²) in [5.41, 5.74) is 4.11. The van der Waals surface area contributed by atoms with Crippen molar-refractivity contribution in [2.45, 2.75) is 39.4 Å². The van der Waals surface area contributed by atoms with Gasteiger partial charge in [-0.2, -0.15) is 13.2 Å². The van der Waals surface area contributed by atoms with E-state index in [2.05, 4.69) is 60.5 Å². The Morgan fingerprint density at radius 2 is 1.97 bits per heavy atom. The molecule has 180 valence electrons. The first-order valence-electron chi connectivity index (χ1n) is 10.2. The topological polar surface area (TPSA) is 107 Å². The summed E-state index contributed by atoms with van der Waals surface area (Å²) in [4.78, 5) is 31.4. The van der Waals surface area contributed by atoms with Gasteiger partial charge < -0.3 is 20.6 Å². The highest BCUT2D eigenvalue weighted by Gasteiger charge is 2.38. The van der Waals surface area contributed by atoms with Crippen LogP contribution in [-0.2, 0) is 22.6 Å². The number of carboxylic acid groups (broad SMARTS) is 1. The minimum absolute atomic E-state index is 0.0449. The third-order valence-corrected chi connectivity index (χ3v) is 5.73. The van der Waals surface area contributed by atoms with Gasteiger partial charge in [-0.05, 0) is 43.0 Å². The Hall–Kier alpha value is -2.89. The zero-order valence-electron chi connectivity index (χ0n) is 18.2. The van der Waals surface area contributed by atoms with Crippen LogP contribution >= 0.6 is 15.9 Å². The number of aromatic nitrogens is 2. The summed E-state index contributed by atoms with van der Waals surface area (Å²) in [6, 6.07) is 6.26. The molecule has 1 aliphatic heterocycles. The molecule has 0 spiro atoms. The normalized spacial score (nSPS) is 12.8. The lowest BCUT2D eigenvalue weighted by Gasteiger charge is -2.31. The summed E-state index contributed by atoms with van der Waals surface area (Å²) in [6.07, 6.45) is -2.07. The van der Waals surface area contributed by atoms with E-state index >= 15 is 0 Å². The number of anilines is 2. The highest BCUT2D eigenvalue weighted by Crippen LogP contribution is 2.29. The molecule has 0 fully saturated rings. The van der Waals surface area contributed by atoms with Gasteiger partial charge in [0.2, 0.25) is 5.91 Å². The molecule has 1 aliphatic rings. The summed E-state index contributed by atoms with van der Waals surface area (Å²) in [6.45, 7) is 7.07. The number of hydrogen-bond donors (Lipinski definition) is 3. The molecule has 1 aromatic heterocycles. The predicted molar refractivity (Wildman–Crippen MR) is 121 cm³/mol. The van der Waals surface area contributed by atoms with Crippen molar-refractivity contribution in [1.82, 2.24) is 15.3 Å². The highest BCUT2D eigenvalue weighted by atomic mass is 79.9. The van der Waals surface area contributed by atoms with Crippen LogP contribution in [0.1, 0.15) is 30.0 Å². The lowest BCUT2D eigenvalue weighted by molar-refractivity contribution is -0.192. The predicted octanol–water partition coefficient (Wildman–Crippen LogP) is 3.68. The van der Waals surface area contributed by atoms with Gasteiger partial charge in [-0.1, -0.05) is 22.0 Å². The number of amides is 1. The Morgan fingerprint density at radius 3 is 2.61 bits per heavy atom. The number of carbonyl (C=O) groups is 2. The molecular formula is C21H25BrF3N5O3. The van der Waals surface area contributed by atoms with E-state index in [4.69, 9.17) is 9.90 Å². The van der Waals surface area contributed by atoms with E-state index in [0.29, 0.717) is 19.5 Å². The maximum atomic E-state index is 11.5. The Balaban J connectivity index is 0.000000479. The maximum absolute atomic E-state index is 11.5. The monoisotopic (exact) mass is 531 g/mol. The van der Waals surface area contributed by atoms with Gasteiger partial charge >= 0.3 is 12.1 Å². The van der Waals surface area contributed by atoms with Crippen LogP contribution in [0.2, 0.25) is 0 Å². The van der Waals surface area contributed by atoms with Crippen molar-refractivity contribution in [1.29, 1.82) is 0 Å². The van der Waals surface area contributed by atoms with E-state index in [1.54, 1.807) is 6.33 Å². The Morgan fingerprint density at radius 1 is 1.27 bits per heavy atom. The number of carbonyl (C=O) groups excluding carboxylic acids is 1. The fourth-order valence-corrected chi connectivity index (χ4v) is 3.59. The average molecular weight is 532 g/mol. The SMILES string of the molecule is CCNC(=O)CCNc1cc(N2CCc3c(ccc(Br)c3C)C2)ncn1.O=C(O)C(F)(F)F. The molecule has 0 unspecified atom stereocenters.